The quantitative estimate of drug-likeness (QED) is 0.722. The highest BCUT2D eigenvalue weighted by Gasteiger charge is 2.34. The lowest BCUT2D eigenvalue weighted by Crippen LogP contribution is -2.31. The van der Waals surface area contributed by atoms with Gasteiger partial charge in [0.05, 0.1) is 6.04 Å². The first-order valence-corrected chi connectivity index (χ1v) is 9.37. The third-order valence-corrected chi connectivity index (χ3v) is 6.21. The van der Waals surface area contributed by atoms with Crippen LogP contribution in [-0.2, 0) is 6.42 Å². The molecule has 3 aromatic rings. The predicted molar refractivity (Wildman–Crippen MR) is 91.6 cm³/mol. The standard InChI is InChI=1S/C16H14FN5O3S/c17-10-2-1-9-3-12(11(9)4-10)22-15(21-24-16(22)23)13-14(20-25-19-13)18-5-8-6-26-7-8/h1-2,4,8,12H,3,5-7H2,(H,18,20)/t12-/m0/s1. The fraction of sp³-hybridized carbons (Fsp3) is 0.375. The van der Waals surface area contributed by atoms with E-state index < -0.39 is 5.76 Å². The maximum atomic E-state index is 13.6. The highest BCUT2D eigenvalue weighted by Crippen LogP contribution is 2.38. The second kappa shape index (κ2) is 5.97. The largest absolute Gasteiger partial charge is 0.442 e. The number of fused-ring (bicyclic) bond motifs is 1. The SMILES string of the molecule is O=c1onc(-c2nonc2NCC2CSC2)n1[C@H]1Cc2ccc(F)cc21. The summed E-state index contributed by atoms with van der Waals surface area (Å²) in [5.41, 5.74) is 2.05. The minimum atomic E-state index is -0.621. The molecule has 8 nitrogen and oxygen atoms in total. The molecule has 26 heavy (non-hydrogen) atoms. The average molecular weight is 375 g/mol. The van der Waals surface area contributed by atoms with Gasteiger partial charge in [0.15, 0.2) is 5.69 Å². The van der Waals surface area contributed by atoms with E-state index in [0.29, 0.717) is 23.9 Å². The van der Waals surface area contributed by atoms with Crippen molar-refractivity contribution < 1.29 is 13.5 Å². The van der Waals surface area contributed by atoms with Gasteiger partial charge in [0.25, 0.3) is 0 Å². The molecule has 0 unspecified atom stereocenters. The normalized spacial score (nSPS) is 18.9. The molecule has 0 amide bonds. The average Bonchev–Trinajstić information content (AvgIpc) is 3.16. The van der Waals surface area contributed by atoms with Gasteiger partial charge in [-0.3, -0.25) is 4.52 Å². The van der Waals surface area contributed by atoms with Gasteiger partial charge in [-0.1, -0.05) is 11.2 Å². The Morgan fingerprint density at radius 3 is 3.00 bits per heavy atom. The summed E-state index contributed by atoms with van der Waals surface area (Å²) in [4.78, 5) is 12.2. The number of rotatable bonds is 5. The molecule has 1 aliphatic carbocycles. The molecular weight excluding hydrogens is 361 g/mol. The number of benzene rings is 1. The van der Waals surface area contributed by atoms with E-state index in [1.54, 1.807) is 6.07 Å². The highest BCUT2D eigenvalue weighted by molar-refractivity contribution is 8.00. The Morgan fingerprint density at radius 1 is 1.31 bits per heavy atom. The van der Waals surface area contributed by atoms with Crippen LogP contribution in [0.1, 0.15) is 17.2 Å². The maximum absolute atomic E-state index is 13.6. The van der Waals surface area contributed by atoms with E-state index in [1.165, 1.54) is 16.7 Å². The van der Waals surface area contributed by atoms with Crippen molar-refractivity contribution in [3.8, 4) is 11.5 Å². The van der Waals surface area contributed by atoms with Gasteiger partial charge in [0, 0.05) is 6.54 Å². The fourth-order valence-corrected chi connectivity index (χ4v) is 4.07. The molecule has 1 aliphatic heterocycles. The Bertz CT molecular complexity index is 1030. The minimum absolute atomic E-state index is 0.224. The van der Waals surface area contributed by atoms with Gasteiger partial charge in [-0.25, -0.2) is 18.4 Å². The second-order valence-electron chi connectivity index (χ2n) is 6.45. The van der Waals surface area contributed by atoms with Crippen LogP contribution in [0.15, 0.2) is 32.1 Å². The zero-order valence-electron chi connectivity index (χ0n) is 13.5. The molecule has 0 bridgehead atoms. The zero-order valence-corrected chi connectivity index (χ0v) is 14.3. The molecule has 0 saturated carbocycles. The van der Waals surface area contributed by atoms with Crippen LogP contribution in [0.5, 0.6) is 0 Å². The first-order chi connectivity index (χ1) is 12.7. The number of aromatic nitrogens is 4. The van der Waals surface area contributed by atoms with Crippen molar-refractivity contribution in [1.82, 2.24) is 20.0 Å². The van der Waals surface area contributed by atoms with Crippen LogP contribution in [-0.4, -0.2) is 38.1 Å². The van der Waals surface area contributed by atoms with Gasteiger partial charge >= 0.3 is 5.76 Å². The predicted octanol–water partition coefficient (Wildman–Crippen LogP) is 1.95. The smallest absolute Gasteiger partial charge is 0.365 e. The molecule has 3 heterocycles. The lowest BCUT2D eigenvalue weighted by atomic mass is 9.83. The molecule has 1 saturated heterocycles. The van der Waals surface area contributed by atoms with Gasteiger partial charge in [-0.2, -0.15) is 11.8 Å². The van der Waals surface area contributed by atoms with E-state index in [-0.39, 0.29) is 17.7 Å². The molecule has 0 spiro atoms. The lowest BCUT2D eigenvalue weighted by Gasteiger charge is -2.30. The Kier molecular flexibility index (Phi) is 3.59. The van der Waals surface area contributed by atoms with Crippen LogP contribution in [0, 0.1) is 11.7 Å². The van der Waals surface area contributed by atoms with Crippen LogP contribution in [0.3, 0.4) is 0 Å². The van der Waals surface area contributed by atoms with Crippen molar-refractivity contribution in [2.24, 2.45) is 5.92 Å². The molecule has 2 aromatic heterocycles. The third kappa shape index (κ3) is 2.44. The lowest BCUT2D eigenvalue weighted by molar-refractivity contribution is 0.309. The van der Waals surface area contributed by atoms with Crippen LogP contribution < -0.4 is 11.1 Å². The van der Waals surface area contributed by atoms with E-state index in [1.807, 2.05) is 11.8 Å². The van der Waals surface area contributed by atoms with Gasteiger partial charge in [-0.15, -0.1) is 0 Å². The highest BCUT2D eigenvalue weighted by atomic mass is 32.2. The summed E-state index contributed by atoms with van der Waals surface area (Å²) in [6.45, 7) is 0.744. The first-order valence-electron chi connectivity index (χ1n) is 8.22. The Balaban J connectivity index is 1.49. The van der Waals surface area contributed by atoms with E-state index in [0.717, 1.165) is 29.2 Å². The number of thioether (sulfide) groups is 1. The zero-order chi connectivity index (χ0) is 17.7. The van der Waals surface area contributed by atoms with Crippen molar-refractivity contribution in [2.45, 2.75) is 12.5 Å². The van der Waals surface area contributed by atoms with E-state index in [2.05, 4.69) is 20.8 Å². The second-order valence-corrected chi connectivity index (χ2v) is 7.53. The van der Waals surface area contributed by atoms with Gasteiger partial charge < -0.3 is 5.32 Å². The minimum Gasteiger partial charge on any atom is -0.365 e. The summed E-state index contributed by atoms with van der Waals surface area (Å²) < 4.78 is 24.7. The number of nitrogens with one attached hydrogen (secondary N) is 1. The van der Waals surface area contributed by atoms with E-state index >= 15 is 0 Å². The summed E-state index contributed by atoms with van der Waals surface area (Å²) in [5, 5.41) is 14.8. The Labute approximate surface area is 150 Å². The number of halogens is 1. The topological polar surface area (TPSA) is 99.0 Å². The van der Waals surface area contributed by atoms with E-state index in [9.17, 15) is 9.18 Å². The van der Waals surface area contributed by atoms with Crippen LogP contribution >= 0.6 is 11.8 Å². The van der Waals surface area contributed by atoms with Gasteiger partial charge in [0.1, 0.15) is 5.82 Å². The maximum Gasteiger partial charge on any atom is 0.442 e. The Morgan fingerprint density at radius 2 is 2.19 bits per heavy atom. The molecular formula is C16H14FN5O3S. The molecule has 0 radical (unpaired) electrons. The summed E-state index contributed by atoms with van der Waals surface area (Å²) in [6.07, 6.45) is 0.594. The number of nitrogens with zero attached hydrogens (tertiary/aromatic N) is 4. The summed E-state index contributed by atoms with van der Waals surface area (Å²) >= 11 is 1.89. The third-order valence-electron chi connectivity index (χ3n) is 4.79. The number of hydrogen-bond acceptors (Lipinski definition) is 8. The number of anilines is 1. The van der Waals surface area contributed by atoms with Gasteiger partial charge in [-0.05, 0) is 57.4 Å². The molecule has 1 N–H and O–H groups in total. The molecule has 2 aliphatic rings. The monoisotopic (exact) mass is 375 g/mol. The van der Waals surface area contributed by atoms with Crippen LogP contribution in [0.4, 0.5) is 10.2 Å². The summed E-state index contributed by atoms with van der Waals surface area (Å²) in [5.74, 6) is 2.46. The van der Waals surface area contributed by atoms with Crippen molar-refractivity contribution >= 4 is 17.6 Å². The van der Waals surface area contributed by atoms with Gasteiger partial charge in [0.2, 0.25) is 11.6 Å². The van der Waals surface area contributed by atoms with Crippen molar-refractivity contribution in [3.63, 3.8) is 0 Å². The summed E-state index contributed by atoms with van der Waals surface area (Å²) in [7, 11) is 0. The van der Waals surface area contributed by atoms with E-state index in [4.69, 9.17) is 9.15 Å². The molecule has 1 atom stereocenters. The fourth-order valence-electron chi connectivity index (χ4n) is 3.26. The van der Waals surface area contributed by atoms with Crippen LogP contribution in [0.2, 0.25) is 0 Å². The number of hydrogen-bond donors (Lipinski definition) is 1. The molecule has 10 heteroatoms. The molecule has 5 rings (SSSR count). The molecule has 134 valence electrons. The Hall–Kier alpha value is -2.62. The van der Waals surface area contributed by atoms with Crippen molar-refractivity contribution in [3.05, 3.63) is 45.7 Å². The molecule has 1 aromatic carbocycles. The van der Waals surface area contributed by atoms with Crippen molar-refractivity contribution in [1.29, 1.82) is 0 Å². The summed E-state index contributed by atoms with van der Waals surface area (Å²) in [6, 6.07) is 4.22. The first kappa shape index (κ1) is 15.6. The van der Waals surface area contributed by atoms with Crippen molar-refractivity contribution in [2.75, 3.05) is 23.4 Å². The molecule has 1 fully saturated rings. The van der Waals surface area contributed by atoms with Crippen LogP contribution in [0.25, 0.3) is 11.5 Å².